The molecule has 0 aromatic carbocycles. The van der Waals surface area contributed by atoms with E-state index in [-0.39, 0.29) is 12.1 Å². The fourth-order valence-electron chi connectivity index (χ4n) is 1.33. The molecule has 2 atom stereocenters. The van der Waals surface area contributed by atoms with Crippen molar-refractivity contribution < 1.29 is 19.0 Å². The molecule has 0 rings (SSSR count). The zero-order valence-corrected chi connectivity index (χ0v) is 12.2. The maximum atomic E-state index is 11.7. The van der Waals surface area contributed by atoms with Crippen molar-refractivity contribution in [3.63, 3.8) is 0 Å². The topological polar surface area (TPSA) is 44.8 Å². The summed E-state index contributed by atoms with van der Waals surface area (Å²) in [5.74, 6) is -0.356. The van der Waals surface area contributed by atoms with Crippen LogP contribution in [0.25, 0.3) is 0 Å². The molecule has 0 spiro atoms. The van der Waals surface area contributed by atoms with Gasteiger partial charge < -0.3 is 14.2 Å². The highest BCUT2D eigenvalue weighted by Gasteiger charge is 2.12. The molecule has 0 fully saturated rings. The van der Waals surface area contributed by atoms with Crippen LogP contribution in [0.3, 0.4) is 0 Å². The third-order valence-electron chi connectivity index (χ3n) is 2.22. The highest BCUT2D eigenvalue weighted by molar-refractivity contribution is 5.87. The third kappa shape index (κ3) is 8.25. The van der Waals surface area contributed by atoms with Crippen molar-refractivity contribution in [2.75, 3.05) is 13.2 Å². The minimum absolute atomic E-state index is 0.0793. The van der Waals surface area contributed by atoms with Crippen LogP contribution in [-0.2, 0) is 19.0 Å². The second-order valence-corrected chi connectivity index (χ2v) is 4.27. The Kier molecular flexibility index (Phi) is 9.60. The quantitative estimate of drug-likeness (QED) is 0.362. The van der Waals surface area contributed by atoms with Gasteiger partial charge >= 0.3 is 5.97 Å². The van der Waals surface area contributed by atoms with E-state index in [1.807, 2.05) is 20.8 Å². The molecule has 18 heavy (non-hydrogen) atoms. The summed E-state index contributed by atoms with van der Waals surface area (Å²) in [6, 6.07) is 0. The van der Waals surface area contributed by atoms with E-state index in [4.69, 9.17) is 14.2 Å². The number of esters is 1. The van der Waals surface area contributed by atoms with Crippen LogP contribution in [0.4, 0.5) is 0 Å². The predicted molar refractivity (Wildman–Crippen MR) is 71.3 cm³/mol. The van der Waals surface area contributed by atoms with Gasteiger partial charge in [0, 0.05) is 12.2 Å². The maximum Gasteiger partial charge on any atom is 0.335 e. The summed E-state index contributed by atoms with van der Waals surface area (Å²) in [6.45, 7) is 10.7. The molecule has 0 saturated heterocycles. The Labute approximate surface area is 110 Å². The van der Waals surface area contributed by atoms with Crippen molar-refractivity contribution in [2.24, 2.45) is 0 Å². The lowest BCUT2D eigenvalue weighted by Crippen LogP contribution is -2.20. The molecular weight excluding hydrogens is 232 g/mol. The van der Waals surface area contributed by atoms with E-state index in [0.717, 1.165) is 12.8 Å². The van der Waals surface area contributed by atoms with E-state index in [1.165, 1.54) is 0 Å². The van der Waals surface area contributed by atoms with Gasteiger partial charge in [-0.1, -0.05) is 13.8 Å². The number of ether oxygens (including phenoxy) is 3. The lowest BCUT2D eigenvalue weighted by Gasteiger charge is -2.14. The molecule has 0 aliphatic rings. The van der Waals surface area contributed by atoms with Gasteiger partial charge in [-0.15, -0.1) is 0 Å². The van der Waals surface area contributed by atoms with E-state index in [9.17, 15) is 4.79 Å². The standard InChI is InChI=1S/C14H26O4/c1-6-8-16-12(4)10-11(3)14(15)18-13(5)17-9-7-2/h10,12-13H,6-9H2,1-5H3/b11-10+. The molecular formula is C14H26O4. The molecule has 0 aromatic heterocycles. The Bertz CT molecular complexity index is 261. The summed E-state index contributed by atoms with van der Waals surface area (Å²) in [5, 5.41) is 0. The average molecular weight is 258 g/mol. The van der Waals surface area contributed by atoms with Crippen LogP contribution in [0.15, 0.2) is 11.6 Å². The molecule has 0 heterocycles. The summed E-state index contributed by atoms with van der Waals surface area (Å²) in [7, 11) is 0. The van der Waals surface area contributed by atoms with Crippen LogP contribution < -0.4 is 0 Å². The molecule has 0 amide bonds. The van der Waals surface area contributed by atoms with Crippen molar-refractivity contribution in [1.29, 1.82) is 0 Å². The number of rotatable bonds is 9. The molecule has 4 nitrogen and oxygen atoms in total. The molecule has 0 bridgehead atoms. The van der Waals surface area contributed by atoms with Crippen molar-refractivity contribution in [3.05, 3.63) is 11.6 Å². The van der Waals surface area contributed by atoms with E-state index in [1.54, 1.807) is 19.9 Å². The zero-order chi connectivity index (χ0) is 14.0. The molecule has 0 radical (unpaired) electrons. The SMILES string of the molecule is CCCOC(C)/C=C(\C)C(=O)OC(C)OCCC. The van der Waals surface area contributed by atoms with E-state index in [2.05, 4.69) is 0 Å². The van der Waals surface area contributed by atoms with Gasteiger partial charge in [-0.3, -0.25) is 0 Å². The molecule has 0 aliphatic heterocycles. The van der Waals surface area contributed by atoms with Gasteiger partial charge in [-0.25, -0.2) is 4.79 Å². The van der Waals surface area contributed by atoms with Crippen LogP contribution in [0.2, 0.25) is 0 Å². The molecule has 0 aliphatic carbocycles. The summed E-state index contributed by atoms with van der Waals surface area (Å²) >= 11 is 0. The molecule has 4 heteroatoms. The van der Waals surface area contributed by atoms with Gasteiger partial charge in [0.2, 0.25) is 0 Å². The third-order valence-corrected chi connectivity index (χ3v) is 2.22. The second-order valence-electron chi connectivity index (χ2n) is 4.27. The van der Waals surface area contributed by atoms with Crippen molar-refractivity contribution >= 4 is 5.97 Å². The maximum absolute atomic E-state index is 11.7. The largest absolute Gasteiger partial charge is 0.433 e. The fourth-order valence-corrected chi connectivity index (χ4v) is 1.33. The van der Waals surface area contributed by atoms with Crippen molar-refractivity contribution in [2.45, 2.75) is 59.9 Å². The average Bonchev–Trinajstić information content (AvgIpc) is 2.33. The molecule has 2 unspecified atom stereocenters. The smallest absolute Gasteiger partial charge is 0.335 e. The van der Waals surface area contributed by atoms with Crippen LogP contribution in [0.1, 0.15) is 47.5 Å². The van der Waals surface area contributed by atoms with Gasteiger partial charge in [-0.2, -0.15) is 0 Å². The van der Waals surface area contributed by atoms with Crippen LogP contribution >= 0.6 is 0 Å². The summed E-state index contributed by atoms with van der Waals surface area (Å²) in [5.41, 5.74) is 0.547. The Hall–Kier alpha value is -0.870. The lowest BCUT2D eigenvalue weighted by atomic mass is 10.2. The molecule has 0 N–H and O–H groups in total. The van der Waals surface area contributed by atoms with Gasteiger partial charge in [0.1, 0.15) is 0 Å². The van der Waals surface area contributed by atoms with Crippen LogP contribution in [0.5, 0.6) is 0 Å². The Morgan fingerprint density at radius 1 is 1.11 bits per heavy atom. The summed E-state index contributed by atoms with van der Waals surface area (Å²) < 4.78 is 15.9. The highest BCUT2D eigenvalue weighted by atomic mass is 16.7. The van der Waals surface area contributed by atoms with E-state index < -0.39 is 6.29 Å². The first kappa shape index (κ1) is 17.1. The first-order chi connectivity index (χ1) is 8.51. The first-order valence-electron chi connectivity index (χ1n) is 6.63. The minimum atomic E-state index is -0.507. The van der Waals surface area contributed by atoms with Gasteiger partial charge in [0.05, 0.1) is 12.7 Å². The normalized spacial score (nSPS) is 15.3. The first-order valence-corrected chi connectivity index (χ1v) is 6.63. The monoisotopic (exact) mass is 258 g/mol. The number of carbonyl (C=O) groups is 1. The van der Waals surface area contributed by atoms with Crippen LogP contribution in [0, 0.1) is 0 Å². The molecule has 0 aromatic rings. The Morgan fingerprint density at radius 3 is 2.22 bits per heavy atom. The van der Waals surface area contributed by atoms with Crippen molar-refractivity contribution in [1.82, 2.24) is 0 Å². The minimum Gasteiger partial charge on any atom is -0.433 e. The number of carbonyl (C=O) groups excluding carboxylic acids is 1. The summed E-state index contributed by atoms with van der Waals surface area (Å²) in [4.78, 5) is 11.7. The van der Waals surface area contributed by atoms with E-state index >= 15 is 0 Å². The molecule has 0 saturated carbocycles. The predicted octanol–water partition coefficient (Wildman–Crippen LogP) is 3.06. The lowest BCUT2D eigenvalue weighted by molar-refractivity contribution is -0.170. The van der Waals surface area contributed by atoms with E-state index in [0.29, 0.717) is 18.8 Å². The van der Waals surface area contributed by atoms with Crippen molar-refractivity contribution in [3.8, 4) is 0 Å². The van der Waals surface area contributed by atoms with Crippen LogP contribution in [-0.4, -0.2) is 31.6 Å². The summed E-state index contributed by atoms with van der Waals surface area (Å²) in [6.07, 6.45) is 3.05. The second kappa shape index (κ2) is 10.1. The Morgan fingerprint density at radius 2 is 1.67 bits per heavy atom. The van der Waals surface area contributed by atoms with Gasteiger partial charge in [0.25, 0.3) is 0 Å². The fraction of sp³-hybridized carbons (Fsp3) is 0.786. The number of hydrogen-bond acceptors (Lipinski definition) is 4. The number of hydrogen-bond donors (Lipinski definition) is 0. The Balaban J connectivity index is 4.11. The highest BCUT2D eigenvalue weighted by Crippen LogP contribution is 2.05. The zero-order valence-electron chi connectivity index (χ0n) is 12.2. The molecule has 106 valence electrons. The van der Waals surface area contributed by atoms with Gasteiger partial charge in [-0.05, 0) is 39.7 Å². The van der Waals surface area contributed by atoms with Gasteiger partial charge in [0.15, 0.2) is 6.29 Å².